The highest BCUT2D eigenvalue weighted by molar-refractivity contribution is 5.95. The van der Waals surface area contributed by atoms with Gasteiger partial charge in [-0.3, -0.25) is 0 Å². The van der Waals surface area contributed by atoms with Crippen molar-refractivity contribution in [3.63, 3.8) is 0 Å². The number of aromatic hydroxyl groups is 2. The molecule has 0 radical (unpaired) electrons. The quantitative estimate of drug-likeness (QED) is 0.827. The number of rotatable bonds is 3. The lowest BCUT2D eigenvalue weighted by molar-refractivity contribution is 0.0228. The summed E-state index contributed by atoms with van der Waals surface area (Å²) in [5, 5.41) is 22.6. The first-order valence-electron chi connectivity index (χ1n) is 7.66. The van der Waals surface area contributed by atoms with E-state index in [9.17, 15) is 10.2 Å². The summed E-state index contributed by atoms with van der Waals surface area (Å²) in [5.74, 6) is 1.02. The van der Waals surface area contributed by atoms with E-state index in [-0.39, 0.29) is 11.9 Å². The topological polar surface area (TPSA) is 49.7 Å². The van der Waals surface area contributed by atoms with Crippen LogP contribution in [0.15, 0.2) is 24.3 Å². The molecule has 0 bridgehead atoms. The van der Waals surface area contributed by atoms with Gasteiger partial charge in [-0.25, -0.2) is 0 Å². The van der Waals surface area contributed by atoms with Crippen molar-refractivity contribution in [2.24, 2.45) is 5.92 Å². The molecule has 1 aliphatic rings. The van der Waals surface area contributed by atoms with Crippen LogP contribution >= 0.6 is 0 Å². The van der Waals surface area contributed by atoms with Crippen LogP contribution in [0.3, 0.4) is 0 Å². The van der Waals surface area contributed by atoms with Crippen LogP contribution in [0.4, 0.5) is 0 Å². The highest BCUT2D eigenvalue weighted by Crippen LogP contribution is 2.47. The second-order valence-corrected chi connectivity index (χ2v) is 6.24. The molecule has 1 atom stereocenters. The van der Waals surface area contributed by atoms with Gasteiger partial charge in [0.05, 0.1) is 6.10 Å². The van der Waals surface area contributed by atoms with E-state index < -0.39 is 0 Å². The van der Waals surface area contributed by atoms with Gasteiger partial charge in [0.2, 0.25) is 0 Å². The van der Waals surface area contributed by atoms with E-state index in [1.807, 2.05) is 24.3 Å². The molecule has 21 heavy (non-hydrogen) atoms. The fraction of sp³-hybridized carbons (Fsp3) is 0.444. The molecule has 0 saturated heterocycles. The predicted octanol–water partition coefficient (Wildman–Crippen LogP) is 4.30. The van der Waals surface area contributed by atoms with Crippen molar-refractivity contribution in [1.82, 2.24) is 0 Å². The molecule has 0 saturated carbocycles. The highest BCUT2D eigenvalue weighted by atomic mass is 16.5. The van der Waals surface area contributed by atoms with Gasteiger partial charge in [-0.15, -0.1) is 0 Å². The van der Waals surface area contributed by atoms with E-state index in [1.165, 1.54) is 0 Å². The van der Waals surface area contributed by atoms with Gasteiger partial charge >= 0.3 is 0 Å². The third-order valence-electron chi connectivity index (χ3n) is 4.15. The zero-order chi connectivity index (χ0) is 15.0. The molecule has 3 rings (SSSR count). The molecule has 0 fully saturated rings. The molecular weight excluding hydrogens is 264 g/mol. The normalized spacial score (nSPS) is 18.1. The second-order valence-electron chi connectivity index (χ2n) is 6.24. The molecule has 1 aliphatic carbocycles. The molecule has 0 heterocycles. The van der Waals surface area contributed by atoms with Crippen LogP contribution in [0.5, 0.6) is 11.5 Å². The second kappa shape index (κ2) is 5.57. The average molecular weight is 286 g/mol. The van der Waals surface area contributed by atoms with Crippen molar-refractivity contribution >= 4 is 10.8 Å². The van der Waals surface area contributed by atoms with E-state index in [0.717, 1.165) is 35.8 Å². The maximum absolute atomic E-state index is 10.7. The van der Waals surface area contributed by atoms with Crippen LogP contribution in [-0.2, 0) is 11.2 Å². The molecule has 2 aromatic rings. The summed E-state index contributed by atoms with van der Waals surface area (Å²) in [6.07, 6.45) is 2.54. The maximum Gasteiger partial charge on any atom is 0.129 e. The third-order valence-corrected chi connectivity index (χ3v) is 4.15. The van der Waals surface area contributed by atoms with Crippen LogP contribution in [0.1, 0.15) is 43.9 Å². The van der Waals surface area contributed by atoms with E-state index in [0.29, 0.717) is 23.7 Å². The van der Waals surface area contributed by atoms with Gasteiger partial charge in [0.25, 0.3) is 0 Å². The minimum atomic E-state index is -0.119. The number of ether oxygens (including phenoxy) is 1. The van der Waals surface area contributed by atoms with Crippen molar-refractivity contribution in [2.75, 3.05) is 6.61 Å². The Bertz CT molecular complexity index is 661. The van der Waals surface area contributed by atoms with Gasteiger partial charge in [-0.1, -0.05) is 38.1 Å². The number of phenols is 2. The Morgan fingerprint density at radius 3 is 2.48 bits per heavy atom. The first-order chi connectivity index (χ1) is 10.1. The van der Waals surface area contributed by atoms with Crippen LogP contribution < -0.4 is 0 Å². The van der Waals surface area contributed by atoms with Crippen LogP contribution in [0.25, 0.3) is 10.8 Å². The zero-order valence-corrected chi connectivity index (χ0v) is 12.6. The molecule has 0 amide bonds. The molecular formula is C18H22O3. The zero-order valence-electron chi connectivity index (χ0n) is 12.6. The minimum absolute atomic E-state index is 0.119. The Hall–Kier alpha value is -1.74. The Labute approximate surface area is 125 Å². The summed E-state index contributed by atoms with van der Waals surface area (Å²) in [6.45, 7) is 4.89. The molecule has 2 N–H and O–H groups in total. The Balaban J connectivity index is 2.13. The lowest BCUT2D eigenvalue weighted by atomic mass is 9.85. The van der Waals surface area contributed by atoms with Crippen LogP contribution in [-0.4, -0.2) is 16.8 Å². The van der Waals surface area contributed by atoms with Crippen molar-refractivity contribution in [1.29, 1.82) is 0 Å². The molecule has 0 spiro atoms. The summed E-state index contributed by atoms with van der Waals surface area (Å²) in [4.78, 5) is 0. The summed E-state index contributed by atoms with van der Waals surface area (Å²) >= 11 is 0. The van der Waals surface area contributed by atoms with Gasteiger partial charge in [0, 0.05) is 28.5 Å². The predicted molar refractivity (Wildman–Crippen MR) is 83.7 cm³/mol. The van der Waals surface area contributed by atoms with Crippen molar-refractivity contribution in [2.45, 2.75) is 39.2 Å². The highest BCUT2D eigenvalue weighted by Gasteiger charge is 2.29. The number of benzene rings is 2. The fourth-order valence-corrected chi connectivity index (χ4v) is 3.16. The summed E-state index contributed by atoms with van der Waals surface area (Å²) in [7, 11) is 0. The smallest absolute Gasteiger partial charge is 0.129 e. The first-order valence-corrected chi connectivity index (χ1v) is 7.66. The summed E-state index contributed by atoms with van der Waals surface area (Å²) in [5.41, 5.74) is 1.64. The van der Waals surface area contributed by atoms with Crippen molar-refractivity contribution < 1.29 is 14.9 Å². The molecule has 112 valence electrons. The Morgan fingerprint density at radius 1 is 1.14 bits per heavy atom. The van der Waals surface area contributed by atoms with Crippen LogP contribution in [0, 0.1) is 5.92 Å². The van der Waals surface area contributed by atoms with Gasteiger partial charge < -0.3 is 14.9 Å². The molecule has 2 aromatic carbocycles. The average Bonchev–Trinajstić information content (AvgIpc) is 2.50. The number of hydrogen-bond acceptors (Lipinski definition) is 3. The van der Waals surface area contributed by atoms with E-state index in [2.05, 4.69) is 13.8 Å². The Kier molecular flexibility index (Phi) is 3.77. The van der Waals surface area contributed by atoms with Gasteiger partial charge in [-0.05, 0) is 25.2 Å². The number of fused-ring (bicyclic) bond motifs is 2. The van der Waals surface area contributed by atoms with E-state index >= 15 is 0 Å². The van der Waals surface area contributed by atoms with Crippen molar-refractivity contribution in [3.8, 4) is 11.5 Å². The largest absolute Gasteiger partial charge is 0.507 e. The summed E-state index contributed by atoms with van der Waals surface area (Å²) in [6, 6.07) is 7.45. The SMILES string of the molecule is CC(C)COC1CCCc2c1c(O)c1ccccc1c2O. The molecule has 1 unspecified atom stereocenters. The standard InChI is InChI=1S/C18H22O3/c1-11(2)10-21-15-9-5-8-14-16(15)18(20)13-7-4-3-6-12(13)17(14)19/h3-4,6-7,11,15,19-20H,5,8-10H2,1-2H3. The van der Waals surface area contributed by atoms with Gasteiger partial charge in [0.1, 0.15) is 11.5 Å². The lowest BCUT2D eigenvalue weighted by Crippen LogP contribution is -2.16. The van der Waals surface area contributed by atoms with Crippen LogP contribution in [0.2, 0.25) is 0 Å². The molecule has 3 heteroatoms. The Morgan fingerprint density at radius 2 is 1.81 bits per heavy atom. The minimum Gasteiger partial charge on any atom is -0.507 e. The molecule has 3 nitrogen and oxygen atoms in total. The first kappa shape index (κ1) is 14.2. The van der Waals surface area contributed by atoms with E-state index in [4.69, 9.17) is 4.74 Å². The third kappa shape index (κ3) is 2.46. The van der Waals surface area contributed by atoms with Gasteiger partial charge in [-0.2, -0.15) is 0 Å². The number of phenolic OH excluding ortho intramolecular Hbond substituents is 2. The lowest BCUT2D eigenvalue weighted by Gasteiger charge is -2.28. The fourth-order valence-electron chi connectivity index (χ4n) is 3.16. The van der Waals surface area contributed by atoms with E-state index in [1.54, 1.807) is 0 Å². The molecule has 0 aromatic heterocycles. The van der Waals surface area contributed by atoms with Gasteiger partial charge in [0.15, 0.2) is 0 Å². The number of hydrogen-bond donors (Lipinski definition) is 2. The maximum atomic E-state index is 10.7. The van der Waals surface area contributed by atoms with Crippen molar-refractivity contribution in [3.05, 3.63) is 35.4 Å². The monoisotopic (exact) mass is 286 g/mol. The summed E-state index contributed by atoms with van der Waals surface area (Å²) < 4.78 is 5.98. The molecule has 0 aliphatic heterocycles.